The summed E-state index contributed by atoms with van der Waals surface area (Å²) in [5.41, 5.74) is 0.613. The maximum absolute atomic E-state index is 12.6. The van der Waals surface area contributed by atoms with Crippen LogP contribution in [0.25, 0.3) is 10.8 Å². The lowest BCUT2D eigenvalue weighted by Gasteiger charge is -2.10. The van der Waals surface area contributed by atoms with Crippen molar-refractivity contribution in [3.05, 3.63) is 70.1 Å². The summed E-state index contributed by atoms with van der Waals surface area (Å²) in [4.78, 5) is 24.9. The van der Waals surface area contributed by atoms with Crippen LogP contribution in [-0.4, -0.2) is 22.3 Å². The number of hydrogen-bond acceptors (Lipinski definition) is 4. The number of alkyl halides is 2. The zero-order valence-electron chi connectivity index (χ0n) is 14.5. The number of nitrogens with zero attached hydrogens (tertiary/aromatic N) is 2. The second-order valence-corrected chi connectivity index (χ2v) is 5.72. The SMILES string of the molecule is CCn1nc(C(=O)NCc2ccc(OC(F)F)cc2)c2ccccc2c1=O. The van der Waals surface area contributed by atoms with Crippen LogP contribution in [0.15, 0.2) is 53.3 Å². The van der Waals surface area contributed by atoms with Gasteiger partial charge in [0.05, 0.1) is 5.39 Å². The second-order valence-electron chi connectivity index (χ2n) is 5.72. The number of carbonyl (C=O) groups is 1. The number of aryl methyl sites for hydroxylation is 1. The first-order chi connectivity index (χ1) is 13.0. The molecule has 0 bridgehead atoms. The highest BCUT2D eigenvalue weighted by Crippen LogP contribution is 2.16. The molecule has 0 unspecified atom stereocenters. The van der Waals surface area contributed by atoms with Gasteiger partial charge in [-0.1, -0.05) is 30.3 Å². The quantitative estimate of drug-likeness (QED) is 0.721. The minimum atomic E-state index is -2.89. The van der Waals surface area contributed by atoms with Crippen molar-refractivity contribution in [2.45, 2.75) is 26.6 Å². The third-order valence-corrected chi connectivity index (χ3v) is 3.98. The fourth-order valence-electron chi connectivity index (χ4n) is 2.67. The Morgan fingerprint density at radius 1 is 1.15 bits per heavy atom. The van der Waals surface area contributed by atoms with Crippen LogP contribution in [0.3, 0.4) is 0 Å². The Hall–Kier alpha value is -3.29. The van der Waals surface area contributed by atoms with Crippen molar-refractivity contribution in [1.29, 1.82) is 0 Å². The van der Waals surface area contributed by atoms with Gasteiger partial charge in [0.15, 0.2) is 5.69 Å². The molecule has 1 heterocycles. The molecule has 140 valence electrons. The summed E-state index contributed by atoms with van der Waals surface area (Å²) in [6, 6.07) is 12.8. The van der Waals surface area contributed by atoms with Crippen LogP contribution >= 0.6 is 0 Å². The Kier molecular flexibility index (Phi) is 5.44. The Labute approximate surface area is 153 Å². The van der Waals surface area contributed by atoms with Crippen LogP contribution in [0, 0.1) is 0 Å². The molecule has 8 heteroatoms. The van der Waals surface area contributed by atoms with Crippen LogP contribution in [0.1, 0.15) is 23.0 Å². The molecule has 27 heavy (non-hydrogen) atoms. The lowest BCUT2D eigenvalue weighted by atomic mass is 10.1. The maximum Gasteiger partial charge on any atom is 0.387 e. The molecule has 0 fully saturated rings. The largest absolute Gasteiger partial charge is 0.435 e. The molecule has 6 nitrogen and oxygen atoms in total. The molecule has 1 N–H and O–H groups in total. The number of ether oxygens (including phenoxy) is 1. The Morgan fingerprint density at radius 3 is 2.44 bits per heavy atom. The third kappa shape index (κ3) is 4.11. The van der Waals surface area contributed by atoms with E-state index in [2.05, 4.69) is 15.2 Å². The van der Waals surface area contributed by atoms with Gasteiger partial charge in [-0.05, 0) is 30.7 Å². The van der Waals surface area contributed by atoms with Gasteiger partial charge in [0, 0.05) is 18.5 Å². The van der Waals surface area contributed by atoms with Gasteiger partial charge in [0.25, 0.3) is 11.5 Å². The first-order valence-electron chi connectivity index (χ1n) is 8.31. The van der Waals surface area contributed by atoms with E-state index in [1.807, 2.05) is 0 Å². The van der Waals surface area contributed by atoms with Gasteiger partial charge in [-0.2, -0.15) is 13.9 Å². The molecule has 1 amide bonds. The number of halogens is 2. The number of fused-ring (bicyclic) bond motifs is 1. The minimum absolute atomic E-state index is 0.0442. The van der Waals surface area contributed by atoms with E-state index in [0.717, 1.165) is 0 Å². The predicted octanol–water partition coefficient (Wildman–Crippen LogP) is 2.95. The molecule has 3 aromatic rings. The van der Waals surface area contributed by atoms with Gasteiger partial charge in [0.2, 0.25) is 0 Å². The monoisotopic (exact) mass is 373 g/mol. The third-order valence-electron chi connectivity index (χ3n) is 3.98. The molecule has 3 rings (SSSR count). The summed E-state index contributed by atoms with van der Waals surface area (Å²) in [7, 11) is 0. The zero-order chi connectivity index (χ0) is 19.4. The van der Waals surface area contributed by atoms with Crippen molar-refractivity contribution in [2.24, 2.45) is 0 Å². The Morgan fingerprint density at radius 2 is 1.81 bits per heavy atom. The van der Waals surface area contributed by atoms with Crippen molar-refractivity contribution < 1.29 is 18.3 Å². The molecule has 0 aliphatic carbocycles. The molecule has 1 aromatic heterocycles. The van der Waals surface area contributed by atoms with E-state index in [0.29, 0.717) is 22.9 Å². The normalized spacial score (nSPS) is 11.0. The summed E-state index contributed by atoms with van der Waals surface area (Å²) in [6.07, 6.45) is 0. The Balaban J connectivity index is 1.80. The van der Waals surface area contributed by atoms with Crippen molar-refractivity contribution in [3.8, 4) is 5.75 Å². The number of aromatic nitrogens is 2. The van der Waals surface area contributed by atoms with Crippen LogP contribution in [0.4, 0.5) is 8.78 Å². The Bertz CT molecular complexity index is 1020. The smallest absolute Gasteiger partial charge is 0.387 e. The summed E-state index contributed by atoms with van der Waals surface area (Å²) in [5.74, 6) is -0.385. The number of benzene rings is 2. The first kappa shape index (κ1) is 18.5. The number of amides is 1. The van der Waals surface area contributed by atoms with Crippen molar-refractivity contribution in [3.63, 3.8) is 0 Å². The molecule has 0 saturated heterocycles. The van der Waals surface area contributed by atoms with Gasteiger partial charge in [0.1, 0.15) is 5.75 Å². The number of rotatable bonds is 6. The second kappa shape index (κ2) is 7.94. The van der Waals surface area contributed by atoms with Gasteiger partial charge in [-0.3, -0.25) is 9.59 Å². The van der Waals surface area contributed by atoms with Crippen LogP contribution in [0.5, 0.6) is 5.75 Å². The van der Waals surface area contributed by atoms with Gasteiger partial charge < -0.3 is 10.1 Å². The lowest BCUT2D eigenvalue weighted by Crippen LogP contribution is -2.30. The molecule has 2 aromatic carbocycles. The summed E-state index contributed by atoms with van der Waals surface area (Å²) >= 11 is 0. The molecule has 0 saturated carbocycles. The average Bonchev–Trinajstić information content (AvgIpc) is 2.67. The first-order valence-corrected chi connectivity index (χ1v) is 8.31. The highest BCUT2D eigenvalue weighted by atomic mass is 19.3. The fourth-order valence-corrected chi connectivity index (χ4v) is 2.67. The van der Waals surface area contributed by atoms with Crippen molar-refractivity contribution in [1.82, 2.24) is 15.1 Å². The van der Waals surface area contributed by atoms with E-state index in [-0.39, 0.29) is 23.5 Å². The van der Waals surface area contributed by atoms with E-state index in [1.54, 1.807) is 43.3 Å². The summed E-state index contributed by atoms with van der Waals surface area (Å²) < 4.78 is 29.9. The van der Waals surface area contributed by atoms with Crippen LogP contribution in [0.2, 0.25) is 0 Å². The van der Waals surface area contributed by atoms with E-state index in [9.17, 15) is 18.4 Å². The zero-order valence-corrected chi connectivity index (χ0v) is 14.5. The molecule has 0 aliphatic heterocycles. The number of nitrogens with one attached hydrogen (secondary N) is 1. The molecular formula is C19H17F2N3O3. The molecule has 0 atom stereocenters. The highest BCUT2D eigenvalue weighted by molar-refractivity contribution is 6.04. The van der Waals surface area contributed by atoms with E-state index >= 15 is 0 Å². The molecule has 0 spiro atoms. The lowest BCUT2D eigenvalue weighted by molar-refractivity contribution is -0.0498. The molecule has 0 radical (unpaired) electrons. The van der Waals surface area contributed by atoms with E-state index in [4.69, 9.17) is 0 Å². The van der Waals surface area contributed by atoms with Gasteiger partial charge in [-0.25, -0.2) is 4.68 Å². The number of hydrogen-bond donors (Lipinski definition) is 1. The maximum atomic E-state index is 12.6. The number of carbonyl (C=O) groups excluding carboxylic acids is 1. The van der Waals surface area contributed by atoms with E-state index < -0.39 is 12.5 Å². The average molecular weight is 373 g/mol. The fraction of sp³-hybridized carbons (Fsp3) is 0.211. The summed E-state index contributed by atoms with van der Waals surface area (Å²) in [5, 5.41) is 7.80. The predicted molar refractivity (Wildman–Crippen MR) is 95.9 cm³/mol. The van der Waals surface area contributed by atoms with Crippen LogP contribution in [-0.2, 0) is 13.1 Å². The van der Waals surface area contributed by atoms with Crippen LogP contribution < -0.4 is 15.6 Å². The van der Waals surface area contributed by atoms with Crippen molar-refractivity contribution in [2.75, 3.05) is 0 Å². The van der Waals surface area contributed by atoms with Crippen molar-refractivity contribution >= 4 is 16.7 Å². The topological polar surface area (TPSA) is 73.2 Å². The summed E-state index contributed by atoms with van der Waals surface area (Å²) in [6.45, 7) is -0.595. The van der Waals surface area contributed by atoms with Gasteiger partial charge >= 0.3 is 6.61 Å². The van der Waals surface area contributed by atoms with E-state index in [1.165, 1.54) is 16.8 Å². The highest BCUT2D eigenvalue weighted by Gasteiger charge is 2.16. The molecular weight excluding hydrogens is 356 g/mol. The molecule has 0 aliphatic rings. The minimum Gasteiger partial charge on any atom is -0.435 e. The van der Waals surface area contributed by atoms with Gasteiger partial charge in [-0.15, -0.1) is 0 Å². The standard InChI is InChI=1S/C19H17F2N3O3/c1-2-24-18(26)15-6-4-3-5-14(15)16(23-24)17(25)22-11-12-7-9-13(10-8-12)27-19(20)21/h3-10,19H,2,11H2,1H3,(H,22,25).